The number of halogens is 3. The lowest BCUT2D eigenvalue weighted by molar-refractivity contribution is 0.0793. The molecule has 1 aromatic carbocycles. The summed E-state index contributed by atoms with van der Waals surface area (Å²) in [7, 11) is 0. The van der Waals surface area contributed by atoms with E-state index in [1.165, 1.54) is 18.2 Å². The fourth-order valence-corrected chi connectivity index (χ4v) is 2.65. The van der Waals surface area contributed by atoms with Crippen molar-refractivity contribution in [3.8, 4) is 0 Å². The zero-order chi connectivity index (χ0) is 11.7. The summed E-state index contributed by atoms with van der Waals surface area (Å²) in [5.41, 5.74) is 0.523. The van der Waals surface area contributed by atoms with Crippen LogP contribution in [0.15, 0.2) is 22.7 Å². The molecule has 1 aromatic rings. The van der Waals surface area contributed by atoms with E-state index in [0.717, 1.165) is 13.0 Å². The monoisotopic (exact) mass is 349 g/mol. The molecule has 1 fully saturated rings. The Morgan fingerprint density at radius 1 is 1.50 bits per heavy atom. The average molecular weight is 351 g/mol. The normalized spacial score (nSPS) is 20.2. The lowest BCUT2D eigenvalue weighted by Gasteiger charge is -2.15. The highest BCUT2D eigenvalue weighted by Crippen LogP contribution is 2.21. The average Bonchev–Trinajstić information content (AvgIpc) is 2.68. The Balaban J connectivity index is 2.18. The Morgan fingerprint density at radius 3 is 2.81 bits per heavy atom. The lowest BCUT2D eigenvalue weighted by Crippen LogP contribution is -2.28. The molecular weight excluding hydrogens is 341 g/mol. The van der Waals surface area contributed by atoms with Crippen molar-refractivity contribution in [2.75, 3.05) is 13.1 Å². The molecule has 0 aliphatic carbocycles. The van der Waals surface area contributed by atoms with Crippen molar-refractivity contribution in [1.29, 1.82) is 0 Å². The standard InChI is InChI=1S/C11H10Br2FNO/c12-8-3-4-15(6-8)11(16)7-1-2-10(14)9(13)5-7/h1-2,5,8H,3-4,6H2. The molecule has 1 aliphatic heterocycles. The molecule has 0 radical (unpaired) electrons. The maximum absolute atomic E-state index is 13.0. The summed E-state index contributed by atoms with van der Waals surface area (Å²) in [6.45, 7) is 1.47. The van der Waals surface area contributed by atoms with Crippen LogP contribution in [0.1, 0.15) is 16.8 Å². The van der Waals surface area contributed by atoms with E-state index in [2.05, 4.69) is 31.9 Å². The first-order valence-corrected chi connectivity index (χ1v) is 6.67. The summed E-state index contributed by atoms with van der Waals surface area (Å²) in [5, 5.41) is 0. The van der Waals surface area contributed by atoms with Crippen LogP contribution in [-0.4, -0.2) is 28.7 Å². The van der Waals surface area contributed by atoms with Crippen LogP contribution in [0.4, 0.5) is 4.39 Å². The second-order valence-corrected chi connectivity index (χ2v) is 5.92. The van der Waals surface area contributed by atoms with Crippen molar-refractivity contribution in [3.63, 3.8) is 0 Å². The third kappa shape index (κ3) is 2.46. The van der Waals surface area contributed by atoms with Gasteiger partial charge in [0.25, 0.3) is 5.91 Å². The van der Waals surface area contributed by atoms with Gasteiger partial charge in [-0.25, -0.2) is 4.39 Å². The Bertz CT molecular complexity index is 424. The minimum atomic E-state index is -0.351. The number of alkyl halides is 1. The van der Waals surface area contributed by atoms with Crippen molar-refractivity contribution < 1.29 is 9.18 Å². The van der Waals surface area contributed by atoms with Gasteiger partial charge in [0.15, 0.2) is 0 Å². The molecule has 0 bridgehead atoms. The molecule has 1 unspecified atom stereocenters. The minimum absolute atomic E-state index is 0.0392. The summed E-state index contributed by atoms with van der Waals surface area (Å²) < 4.78 is 13.3. The molecule has 0 aromatic heterocycles. The fraction of sp³-hybridized carbons (Fsp3) is 0.364. The van der Waals surface area contributed by atoms with Gasteiger partial charge in [-0.05, 0) is 40.5 Å². The van der Waals surface area contributed by atoms with E-state index in [4.69, 9.17) is 0 Å². The van der Waals surface area contributed by atoms with Crippen LogP contribution in [0.25, 0.3) is 0 Å². The van der Waals surface area contributed by atoms with Crippen LogP contribution in [-0.2, 0) is 0 Å². The molecule has 2 nitrogen and oxygen atoms in total. The number of hydrogen-bond acceptors (Lipinski definition) is 1. The Kier molecular flexibility index (Phi) is 3.64. The van der Waals surface area contributed by atoms with Crippen LogP contribution in [0.3, 0.4) is 0 Å². The van der Waals surface area contributed by atoms with Crippen LogP contribution >= 0.6 is 31.9 Å². The maximum Gasteiger partial charge on any atom is 0.253 e. The van der Waals surface area contributed by atoms with E-state index in [9.17, 15) is 9.18 Å². The molecule has 0 saturated carbocycles. The molecule has 1 saturated heterocycles. The zero-order valence-corrected chi connectivity index (χ0v) is 11.6. The number of rotatable bonds is 1. The molecular formula is C11H10Br2FNO. The lowest BCUT2D eigenvalue weighted by atomic mass is 10.2. The van der Waals surface area contributed by atoms with Crippen molar-refractivity contribution in [3.05, 3.63) is 34.1 Å². The number of amides is 1. The first-order valence-electron chi connectivity index (χ1n) is 4.96. The zero-order valence-electron chi connectivity index (χ0n) is 8.42. The number of carbonyl (C=O) groups is 1. The largest absolute Gasteiger partial charge is 0.337 e. The first kappa shape index (κ1) is 12.0. The van der Waals surface area contributed by atoms with Gasteiger partial charge in [-0.3, -0.25) is 4.79 Å². The third-order valence-corrected chi connectivity index (χ3v) is 3.94. The Hall–Kier alpha value is -0.420. The predicted octanol–water partition coefficient (Wildman–Crippen LogP) is 3.20. The van der Waals surface area contributed by atoms with E-state index in [-0.39, 0.29) is 11.7 Å². The number of likely N-dealkylation sites (tertiary alicyclic amines) is 1. The maximum atomic E-state index is 13.0. The molecule has 2 rings (SSSR count). The summed E-state index contributed by atoms with van der Waals surface area (Å²) in [6, 6.07) is 4.35. The summed E-state index contributed by atoms with van der Waals surface area (Å²) >= 11 is 6.56. The quantitative estimate of drug-likeness (QED) is 0.712. The van der Waals surface area contributed by atoms with Gasteiger partial charge < -0.3 is 4.90 Å². The Labute approximate surface area is 110 Å². The molecule has 1 aliphatic rings. The van der Waals surface area contributed by atoms with Gasteiger partial charge in [0.1, 0.15) is 5.82 Å². The van der Waals surface area contributed by atoms with Gasteiger partial charge in [0.2, 0.25) is 0 Å². The van der Waals surface area contributed by atoms with Crippen molar-refractivity contribution in [1.82, 2.24) is 4.90 Å². The van der Waals surface area contributed by atoms with Crippen molar-refractivity contribution in [2.24, 2.45) is 0 Å². The molecule has 0 N–H and O–H groups in total. The second-order valence-electron chi connectivity index (χ2n) is 3.77. The molecule has 1 heterocycles. The van der Waals surface area contributed by atoms with Crippen LogP contribution in [0.2, 0.25) is 0 Å². The van der Waals surface area contributed by atoms with Gasteiger partial charge >= 0.3 is 0 Å². The number of nitrogens with zero attached hydrogens (tertiary/aromatic N) is 1. The highest BCUT2D eigenvalue weighted by atomic mass is 79.9. The minimum Gasteiger partial charge on any atom is -0.337 e. The van der Waals surface area contributed by atoms with E-state index in [1.54, 1.807) is 4.90 Å². The molecule has 1 amide bonds. The van der Waals surface area contributed by atoms with Crippen molar-refractivity contribution >= 4 is 37.8 Å². The second kappa shape index (κ2) is 4.84. The molecule has 86 valence electrons. The van der Waals surface area contributed by atoms with Crippen LogP contribution < -0.4 is 0 Å². The smallest absolute Gasteiger partial charge is 0.253 e. The van der Waals surface area contributed by atoms with E-state index >= 15 is 0 Å². The molecule has 0 spiro atoms. The van der Waals surface area contributed by atoms with E-state index in [0.29, 0.717) is 21.4 Å². The van der Waals surface area contributed by atoms with Gasteiger partial charge in [-0.1, -0.05) is 15.9 Å². The van der Waals surface area contributed by atoms with Gasteiger partial charge in [-0.15, -0.1) is 0 Å². The Morgan fingerprint density at radius 2 is 2.25 bits per heavy atom. The summed E-state index contributed by atoms with van der Waals surface area (Å²) in [4.78, 5) is 14.2. The number of hydrogen-bond donors (Lipinski definition) is 0. The molecule has 5 heteroatoms. The van der Waals surface area contributed by atoms with Gasteiger partial charge in [0, 0.05) is 23.5 Å². The first-order chi connectivity index (χ1) is 7.58. The fourth-order valence-electron chi connectivity index (χ4n) is 1.71. The molecule has 1 atom stereocenters. The van der Waals surface area contributed by atoms with Crippen LogP contribution in [0, 0.1) is 5.82 Å². The number of carbonyl (C=O) groups excluding carboxylic acids is 1. The van der Waals surface area contributed by atoms with Crippen LogP contribution in [0.5, 0.6) is 0 Å². The number of benzene rings is 1. The highest BCUT2D eigenvalue weighted by molar-refractivity contribution is 9.10. The van der Waals surface area contributed by atoms with Crippen molar-refractivity contribution in [2.45, 2.75) is 11.2 Å². The molecule has 16 heavy (non-hydrogen) atoms. The van der Waals surface area contributed by atoms with E-state index in [1.807, 2.05) is 0 Å². The predicted molar refractivity (Wildman–Crippen MR) is 67.3 cm³/mol. The summed E-state index contributed by atoms with van der Waals surface area (Å²) in [5.74, 6) is -0.390. The highest BCUT2D eigenvalue weighted by Gasteiger charge is 2.25. The SMILES string of the molecule is O=C(c1ccc(F)c(Br)c1)N1CCC(Br)C1. The van der Waals surface area contributed by atoms with E-state index < -0.39 is 0 Å². The summed E-state index contributed by atoms with van der Waals surface area (Å²) in [6.07, 6.45) is 0.966. The van der Waals surface area contributed by atoms with Gasteiger partial charge in [-0.2, -0.15) is 0 Å². The third-order valence-electron chi connectivity index (χ3n) is 2.58. The topological polar surface area (TPSA) is 20.3 Å². The van der Waals surface area contributed by atoms with Gasteiger partial charge in [0.05, 0.1) is 4.47 Å².